The van der Waals surface area contributed by atoms with Gasteiger partial charge in [0.05, 0.1) is 5.01 Å². The van der Waals surface area contributed by atoms with Crippen LogP contribution in [0.2, 0.25) is 0 Å². The molecule has 1 aromatic heterocycles. The number of nitrogens with zero attached hydrogens (tertiary/aromatic N) is 3. The summed E-state index contributed by atoms with van der Waals surface area (Å²) in [5.74, 6) is 0.598. The maximum Gasteiger partial charge on any atom is 0.434 e. The Bertz CT molecular complexity index is 825. The summed E-state index contributed by atoms with van der Waals surface area (Å²) >= 11 is 1.02. The van der Waals surface area contributed by atoms with E-state index in [-0.39, 0.29) is 24.0 Å². The molecule has 0 saturated carbocycles. The Labute approximate surface area is 189 Å². The van der Waals surface area contributed by atoms with Gasteiger partial charge in [0.2, 0.25) is 0 Å². The zero-order valence-corrected chi connectivity index (χ0v) is 19.0. The van der Waals surface area contributed by atoms with Gasteiger partial charge in [-0.2, -0.15) is 13.2 Å². The molecule has 3 rings (SSSR count). The van der Waals surface area contributed by atoms with Gasteiger partial charge in [0.25, 0.3) is 0 Å². The van der Waals surface area contributed by atoms with Crippen LogP contribution >= 0.6 is 35.3 Å². The number of halogens is 4. The molecule has 158 valence electrons. The number of benzene rings is 1. The summed E-state index contributed by atoms with van der Waals surface area (Å²) in [7, 11) is 1.66. The average Bonchev–Trinajstić information content (AvgIpc) is 3.36. The number of guanidine groups is 1. The Balaban J connectivity index is 0.00000300. The molecule has 2 aromatic rings. The second-order valence-electron chi connectivity index (χ2n) is 6.27. The Morgan fingerprint density at radius 3 is 2.45 bits per heavy atom. The van der Waals surface area contributed by atoms with Crippen LogP contribution in [0.25, 0.3) is 0 Å². The van der Waals surface area contributed by atoms with E-state index in [1.807, 2.05) is 0 Å². The number of aromatic nitrogens is 1. The molecule has 0 amide bonds. The van der Waals surface area contributed by atoms with Gasteiger partial charge < -0.3 is 15.5 Å². The lowest BCUT2D eigenvalue weighted by atomic mass is 10.2. The van der Waals surface area contributed by atoms with Crippen LogP contribution < -0.4 is 15.5 Å². The van der Waals surface area contributed by atoms with Crippen LogP contribution in [-0.2, 0) is 19.1 Å². The van der Waals surface area contributed by atoms with E-state index in [1.54, 1.807) is 7.05 Å². The van der Waals surface area contributed by atoms with Crippen molar-refractivity contribution in [2.75, 3.05) is 31.6 Å². The van der Waals surface area contributed by atoms with Crippen LogP contribution in [0.4, 0.5) is 18.9 Å². The molecular weight excluding hydrogens is 514 g/mol. The zero-order chi connectivity index (χ0) is 20.0. The lowest BCUT2D eigenvalue weighted by Crippen LogP contribution is -2.37. The number of hydrogen-bond donors (Lipinski definition) is 2. The van der Waals surface area contributed by atoms with Crippen LogP contribution in [0, 0.1) is 0 Å². The first-order valence-electron chi connectivity index (χ1n) is 8.90. The zero-order valence-electron chi connectivity index (χ0n) is 15.9. The van der Waals surface area contributed by atoms with E-state index in [4.69, 9.17) is 0 Å². The van der Waals surface area contributed by atoms with Crippen molar-refractivity contribution in [1.82, 2.24) is 15.6 Å². The average molecular weight is 537 g/mol. The van der Waals surface area contributed by atoms with E-state index in [0.29, 0.717) is 30.5 Å². The van der Waals surface area contributed by atoms with Gasteiger partial charge in [0.1, 0.15) is 0 Å². The topological polar surface area (TPSA) is 52.6 Å². The molecule has 1 aliphatic rings. The van der Waals surface area contributed by atoms with Gasteiger partial charge in [-0.15, -0.1) is 35.3 Å². The Kier molecular flexibility index (Phi) is 8.75. The minimum Gasteiger partial charge on any atom is -0.364 e. The number of alkyl halides is 3. The highest BCUT2D eigenvalue weighted by Crippen LogP contribution is 2.30. The third-order valence-corrected chi connectivity index (χ3v) is 5.19. The van der Waals surface area contributed by atoms with E-state index in [1.165, 1.54) is 5.69 Å². The predicted octanol–water partition coefficient (Wildman–Crippen LogP) is 4.06. The standard InChI is InChI=1S/C19H22F3N5S.HI/c1-23-18(24-9-8-17-26-16(13-28-17)19(20,21)22)25-12-14-4-6-15(7-5-14)27-10-2-3-11-27;/h2-7,13H,8-12H2,1H3,(H2,23,24,25);1H. The molecular formula is C19H23F3IN5S. The number of nitrogens with one attached hydrogen (secondary N) is 2. The van der Waals surface area contributed by atoms with Crippen molar-refractivity contribution >= 4 is 47.0 Å². The summed E-state index contributed by atoms with van der Waals surface area (Å²) in [5, 5.41) is 7.80. The van der Waals surface area contributed by atoms with E-state index in [0.717, 1.165) is 35.4 Å². The SMILES string of the molecule is CN=C(NCCc1nc(C(F)(F)F)cs1)NCc1ccc(N2CC=CC2)cc1.I. The van der Waals surface area contributed by atoms with E-state index in [2.05, 4.69) is 61.9 Å². The largest absolute Gasteiger partial charge is 0.434 e. The molecule has 0 bridgehead atoms. The van der Waals surface area contributed by atoms with Gasteiger partial charge in [0, 0.05) is 50.7 Å². The molecule has 1 aliphatic heterocycles. The molecule has 0 unspecified atom stereocenters. The van der Waals surface area contributed by atoms with Crippen molar-refractivity contribution in [2.45, 2.75) is 19.1 Å². The normalized spacial score (nSPS) is 14.1. The number of thiazole rings is 1. The van der Waals surface area contributed by atoms with Crippen LogP contribution in [0.3, 0.4) is 0 Å². The molecule has 2 N–H and O–H groups in total. The molecule has 5 nitrogen and oxygen atoms in total. The van der Waals surface area contributed by atoms with Gasteiger partial charge in [-0.3, -0.25) is 4.99 Å². The second-order valence-corrected chi connectivity index (χ2v) is 7.21. The summed E-state index contributed by atoms with van der Waals surface area (Å²) in [6.07, 6.45) is 0.322. The third-order valence-electron chi connectivity index (χ3n) is 4.28. The van der Waals surface area contributed by atoms with E-state index >= 15 is 0 Å². The van der Waals surface area contributed by atoms with Gasteiger partial charge in [-0.25, -0.2) is 4.98 Å². The Hall–Kier alpha value is -1.82. The minimum atomic E-state index is -4.39. The molecule has 0 atom stereocenters. The highest BCUT2D eigenvalue weighted by molar-refractivity contribution is 14.0. The van der Waals surface area contributed by atoms with Crippen LogP contribution in [0.1, 0.15) is 16.3 Å². The summed E-state index contributed by atoms with van der Waals surface area (Å²) < 4.78 is 37.7. The fourth-order valence-corrected chi connectivity index (χ4v) is 3.57. The van der Waals surface area contributed by atoms with Crippen molar-refractivity contribution < 1.29 is 13.2 Å². The van der Waals surface area contributed by atoms with E-state index < -0.39 is 11.9 Å². The van der Waals surface area contributed by atoms with Crippen molar-refractivity contribution in [3.8, 4) is 0 Å². The molecule has 2 heterocycles. The first-order chi connectivity index (χ1) is 13.5. The minimum absolute atomic E-state index is 0. The van der Waals surface area contributed by atoms with Crippen molar-refractivity contribution in [3.05, 3.63) is 58.1 Å². The monoisotopic (exact) mass is 537 g/mol. The summed E-state index contributed by atoms with van der Waals surface area (Å²) in [5.41, 5.74) is 1.48. The maximum atomic E-state index is 12.6. The smallest absolute Gasteiger partial charge is 0.364 e. The quantitative estimate of drug-likeness (QED) is 0.253. The molecule has 0 spiro atoms. The first-order valence-corrected chi connectivity index (χ1v) is 9.78. The molecule has 1 aromatic carbocycles. The molecule has 29 heavy (non-hydrogen) atoms. The van der Waals surface area contributed by atoms with Crippen LogP contribution in [0.15, 0.2) is 46.8 Å². The van der Waals surface area contributed by atoms with E-state index in [9.17, 15) is 13.2 Å². The van der Waals surface area contributed by atoms with Crippen LogP contribution in [-0.4, -0.2) is 37.6 Å². The van der Waals surface area contributed by atoms with Crippen LogP contribution in [0.5, 0.6) is 0 Å². The summed E-state index contributed by atoms with van der Waals surface area (Å²) in [6, 6.07) is 8.34. The molecule has 0 radical (unpaired) electrons. The number of aliphatic imine (C=N–C) groups is 1. The highest BCUT2D eigenvalue weighted by Gasteiger charge is 2.33. The fraction of sp³-hybridized carbons (Fsp3) is 0.368. The number of rotatable bonds is 6. The van der Waals surface area contributed by atoms with Crippen molar-refractivity contribution in [2.24, 2.45) is 4.99 Å². The summed E-state index contributed by atoms with van der Waals surface area (Å²) in [6.45, 7) is 2.94. The first kappa shape index (κ1) is 23.5. The maximum absolute atomic E-state index is 12.6. The van der Waals surface area contributed by atoms with Crippen molar-refractivity contribution in [1.29, 1.82) is 0 Å². The molecule has 0 fully saturated rings. The fourth-order valence-electron chi connectivity index (χ4n) is 2.76. The summed E-state index contributed by atoms with van der Waals surface area (Å²) in [4.78, 5) is 10.0. The van der Waals surface area contributed by atoms with Gasteiger partial charge in [-0.1, -0.05) is 24.3 Å². The second kappa shape index (κ2) is 10.8. The molecule has 10 heteroatoms. The number of hydrogen-bond acceptors (Lipinski definition) is 4. The van der Waals surface area contributed by atoms with Gasteiger partial charge in [0.15, 0.2) is 11.7 Å². The lowest BCUT2D eigenvalue weighted by Gasteiger charge is -2.18. The van der Waals surface area contributed by atoms with Gasteiger partial charge in [-0.05, 0) is 17.7 Å². The molecule has 0 saturated heterocycles. The highest BCUT2D eigenvalue weighted by atomic mass is 127. The lowest BCUT2D eigenvalue weighted by molar-refractivity contribution is -0.140. The van der Waals surface area contributed by atoms with Gasteiger partial charge >= 0.3 is 6.18 Å². The van der Waals surface area contributed by atoms with Crippen molar-refractivity contribution in [3.63, 3.8) is 0 Å². The Morgan fingerprint density at radius 2 is 1.86 bits per heavy atom. The Morgan fingerprint density at radius 1 is 1.17 bits per heavy atom. The predicted molar refractivity (Wildman–Crippen MR) is 122 cm³/mol. The molecule has 0 aliphatic carbocycles. The number of anilines is 1. The third kappa shape index (κ3) is 6.88.